The zero-order valence-corrected chi connectivity index (χ0v) is 27.4. The van der Waals surface area contributed by atoms with Gasteiger partial charge in [-0.15, -0.1) is 11.8 Å². The van der Waals surface area contributed by atoms with Crippen LogP contribution in [-0.2, 0) is 26.0 Å². The molecule has 0 spiro atoms. The van der Waals surface area contributed by atoms with E-state index in [2.05, 4.69) is 9.72 Å². The van der Waals surface area contributed by atoms with E-state index in [9.17, 15) is 27.3 Å². The topological polar surface area (TPSA) is 150 Å². The molecule has 10 nitrogen and oxygen atoms in total. The van der Waals surface area contributed by atoms with Gasteiger partial charge in [0.05, 0.1) is 12.2 Å². The number of aromatic nitrogens is 1. The van der Waals surface area contributed by atoms with Crippen molar-refractivity contribution < 1.29 is 46.7 Å². The van der Waals surface area contributed by atoms with E-state index in [4.69, 9.17) is 32.7 Å². The maximum atomic E-state index is 13.8. The van der Waals surface area contributed by atoms with Crippen LogP contribution < -0.4 is 14.5 Å². The number of aromatic amines is 1. The van der Waals surface area contributed by atoms with Crippen LogP contribution in [0.1, 0.15) is 41.2 Å². The second-order valence-corrected chi connectivity index (χ2v) is 14.4. The number of H-pyrrole nitrogens is 1. The lowest BCUT2D eigenvalue weighted by atomic mass is 10.0. The van der Waals surface area contributed by atoms with Gasteiger partial charge in [-0.25, -0.2) is 18.2 Å². The largest absolute Gasteiger partial charge is 0.870 e. The number of alkyl halides is 2. The quantitative estimate of drug-likeness (QED) is 0.212. The van der Waals surface area contributed by atoms with Gasteiger partial charge in [0.1, 0.15) is 27.1 Å². The van der Waals surface area contributed by atoms with E-state index in [1.165, 1.54) is 42.7 Å². The van der Waals surface area contributed by atoms with E-state index in [1.807, 2.05) is 6.07 Å². The van der Waals surface area contributed by atoms with Gasteiger partial charge >= 0.3 is 12.6 Å². The van der Waals surface area contributed by atoms with Crippen molar-refractivity contribution in [2.24, 2.45) is 5.92 Å². The highest BCUT2D eigenvalue weighted by Gasteiger charge is 2.43. The molecule has 2 aliphatic rings. The first-order valence-electron chi connectivity index (χ1n) is 13.9. The smallest absolute Gasteiger partial charge is 0.387 e. The molecule has 1 aliphatic carbocycles. The second-order valence-electron chi connectivity index (χ2n) is 10.5. The molecule has 1 aliphatic heterocycles. The summed E-state index contributed by atoms with van der Waals surface area (Å²) >= 11 is 13.9. The highest BCUT2D eigenvalue weighted by Crippen LogP contribution is 2.39. The lowest BCUT2D eigenvalue weighted by Crippen LogP contribution is -2.41. The number of nitrogens with zero attached hydrogens (tertiary/aromatic N) is 2. The molecule has 46 heavy (non-hydrogen) atoms. The Hall–Kier alpha value is -3.19. The number of ether oxygens (including phenoxy) is 3. The highest BCUT2D eigenvalue weighted by atomic mass is 35.5. The van der Waals surface area contributed by atoms with E-state index in [0.29, 0.717) is 35.0 Å². The summed E-state index contributed by atoms with van der Waals surface area (Å²) in [5.41, 5.74) is 1.38. The molecular weight excluding hydrogens is 687 g/mol. The van der Waals surface area contributed by atoms with Gasteiger partial charge in [0, 0.05) is 24.3 Å². The maximum absolute atomic E-state index is 13.8. The molecule has 3 aromatic rings. The predicted octanol–water partition coefficient (Wildman–Crippen LogP) is 5.79. The standard InChI is InChI=1S/C30H27Cl2F2N3O6S2.H2O/c1-17-2-5-20(13-35)27(10-17)45(39,40)37-8-9-44-28(37)29(38)42-25(12-21-22(31)14-36-15-23(21)32)19-6-7-24(43-30(33)34)26(11-19)41-16-18-3-4-18;/h2,5-7,10-11,14-15,18,25,28,30H,3-4,8-9,12,16H2,1H3;1H2/t25-,28-;/m0./s1. The summed E-state index contributed by atoms with van der Waals surface area (Å²) < 4.78 is 71.3. The van der Waals surface area contributed by atoms with Gasteiger partial charge in [0.15, 0.2) is 29.3 Å². The van der Waals surface area contributed by atoms with Gasteiger partial charge in [-0.1, -0.05) is 35.3 Å². The summed E-state index contributed by atoms with van der Waals surface area (Å²) in [5, 5.41) is 8.83. The summed E-state index contributed by atoms with van der Waals surface area (Å²) in [7, 11) is -4.27. The summed E-state index contributed by atoms with van der Waals surface area (Å²) in [4.78, 5) is 16.4. The van der Waals surface area contributed by atoms with Crippen molar-refractivity contribution in [2.45, 2.75) is 49.2 Å². The Morgan fingerprint density at radius 2 is 1.87 bits per heavy atom. The molecular formula is C30H29Cl2F2N3O7S2. The minimum atomic E-state index is -4.27. The number of aryl methyl sites for hydroxylation is 1. The Morgan fingerprint density at radius 1 is 1.15 bits per heavy atom. The van der Waals surface area contributed by atoms with E-state index in [-0.39, 0.29) is 50.4 Å². The summed E-state index contributed by atoms with van der Waals surface area (Å²) in [6, 6.07) is 10.6. The molecule has 0 bridgehead atoms. The minimum absolute atomic E-state index is 0. The first-order chi connectivity index (χ1) is 21.5. The number of carbonyl (C=O) groups excluding carboxylic acids is 1. The second kappa shape index (κ2) is 15.1. The van der Waals surface area contributed by atoms with Gasteiger partial charge in [-0.2, -0.15) is 18.3 Å². The molecule has 1 saturated carbocycles. The van der Waals surface area contributed by atoms with Crippen LogP contribution in [0.5, 0.6) is 11.5 Å². The van der Waals surface area contributed by atoms with Crippen LogP contribution in [0.2, 0.25) is 10.0 Å². The molecule has 1 saturated heterocycles. The SMILES string of the molecule is Cc1ccc(C#N)c(S(=O)(=O)N2CCS[C@H]2C(=O)O[C@@H](Cc2c(Cl)c[nH+]cc2Cl)c2ccc(OC(F)F)c(OCC3CC3)c2)c1.[OH-]. The number of nitrogens with one attached hydrogen (secondary N) is 1. The van der Waals surface area contributed by atoms with Crippen LogP contribution in [0, 0.1) is 24.2 Å². The number of nitriles is 1. The van der Waals surface area contributed by atoms with E-state index >= 15 is 0 Å². The number of carbonyl (C=O) groups is 1. The Morgan fingerprint density at radius 3 is 2.52 bits per heavy atom. The van der Waals surface area contributed by atoms with Crippen LogP contribution >= 0.6 is 35.0 Å². The van der Waals surface area contributed by atoms with Crippen LogP contribution in [0.15, 0.2) is 53.7 Å². The molecule has 2 atom stereocenters. The lowest BCUT2D eigenvalue weighted by molar-refractivity contribution is -0.377. The molecule has 0 unspecified atom stereocenters. The number of sulfonamides is 1. The average molecular weight is 717 g/mol. The highest BCUT2D eigenvalue weighted by molar-refractivity contribution is 8.02. The van der Waals surface area contributed by atoms with Gasteiger partial charge in [-0.05, 0) is 61.1 Å². The number of benzene rings is 2. The molecule has 0 amide bonds. The number of hydrogen-bond donors (Lipinski definition) is 0. The van der Waals surface area contributed by atoms with Crippen LogP contribution in [0.3, 0.4) is 0 Å². The third kappa shape index (κ3) is 8.20. The summed E-state index contributed by atoms with van der Waals surface area (Å²) in [6.07, 6.45) is 3.81. The van der Waals surface area contributed by atoms with E-state index < -0.39 is 34.1 Å². The van der Waals surface area contributed by atoms with Crippen molar-refractivity contribution in [2.75, 3.05) is 18.9 Å². The van der Waals surface area contributed by atoms with E-state index in [1.54, 1.807) is 13.0 Å². The van der Waals surface area contributed by atoms with Gasteiger partial charge in [0.2, 0.25) is 10.0 Å². The minimum Gasteiger partial charge on any atom is -0.870 e. The van der Waals surface area contributed by atoms with Crippen LogP contribution in [0.4, 0.5) is 8.78 Å². The zero-order chi connectivity index (χ0) is 32.3. The Labute approximate surface area is 278 Å². The Kier molecular flexibility index (Phi) is 11.7. The number of rotatable bonds is 12. The monoisotopic (exact) mass is 715 g/mol. The summed E-state index contributed by atoms with van der Waals surface area (Å²) in [6.45, 7) is -1.07. The molecule has 2 fully saturated rings. The number of esters is 1. The predicted molar refractivity (Wildman–Crippen MR) is 165 cm³/mol. The molecule has 16 heteroatoms. The average Bonchev–Trinajstić information content (AvgIpc) is 3.69. The Bertz CT molecular complexity index is 1720. The molecule has 2 N–H and O–H groups in total. The number of pyridine rings is 1. The summed E-state index contributed by atoms with van der Waals surface area (Å²) in [5.74, 6) is -0.382. The van der Waals surface area contributed by atoms with Crippen LogP contribution in [-0.4, -0.2) is 55.1 Å². The zero-order valence-electron chi connectivity index (χ0n) is 24.3. The fraction of sp³-hybridized carbons (Fsp3) is 0.367. The Balaban J connectivity index is 0.00000480. The third-order valence-electron chi connectivity index (χ3n) is 7.27. The van der Waals surface area contributed by atoms with Crippen molar-refractivity contribution in [3.05, 3.63) is 81.1 Å². The fourth-order valence-corrected chi connectivity index (χ4v) is 8.56. The number of hydrogen-bond acceptors (Lipinski definition) is 9. The molecule has 5 rings (SSSR count). The third-order valence-corrected chi connectivity index (χ3v) is 11.2. The van der Waals surface area contributed by atoms with Gasteiger partial charge < -0.3 is 19.7 Å². The van der Waals surface area contributed by atoms with Gasteiger partial charge in [0.25, 0.3) is 0 Å². The molecule has 2 heterocycles. The molecule has 1 aromatic heterocycles. The fourth-order valence-electron chi connectivity index (χ4n) is 4.75. The number of thioether (sulfide) groups is 1. The maximum Gasteiger partial charge on any atom is 0.387 e. The number of halogens is 4. The first-order valence-corrected chi connectivity index (χ1v) is 17.1. The van der Waals surface area contributed by atoms with Crippen molar-refractivity contribution in [3.63, 3.8) is 0 Å². The molecule has 246 valence electrons. The van der Waals surface area contributed by atoms with Crippen molar-refractivity contribution in [1.82, 2.24) is 4.31 Å². The molecule has 0 radical (unpaired) electrons. The van der Waals surface area contributed by atoms with Crippen molar-refractivity contribution in [3.8, 4) is 17.6 Å². The van der Waals surface area contributed by atoms with Crippen molar-refractivity contribution >= 4 is 51.0 Å². The normalized spacial score (nSPS) is 17.2. The molecule has 2 aromatic carbocycles. The van der Waals surface area contributed by atoms with Crippen LogP contribution in [0.25, 0.3) is 0 Å². The lowest BCUT2D eigenvalue weighted by Gasteiger charge is -2.26. The van der Waals surface area contributed by atoms with E-state index in [0.717, 1.165) is 28.9 Å². The van der Waals surface area contributed by atoms with Crippen molar-refractivity contribution in [1.29, 1.82) is 5.26 Å². The first kappa shape index (κ1) is 35.7. The van der Waals surface area contributed by atoms with Gasteiger partial charge in [-0.3, -0.25) is 0 Å².